The highest BCUT2D eigenvalue weighted by atomic mass is 35.5. The number of halogens is 1. The molecule has 0 aliphatic rings. The van der Waals surface area contributed by atoms with Crippen LogP contribution < -0.4 is 5.73 Å². The Morgan fingerprint density at radius 3 is 2.71 bits per heavy atom. The first-order chi connectivity index (χ1) is 6.61. The van der Waals surface area contributed by atoms with Gasteiger partial charge in [-0.3, -0.25) is 4.98 Å². The second-order valence-corrected chi connectivity index (χ2v) is 3.85. The highest BCUT2D eigenvalue weighted by molar-refractivity contribution is 6.36. The van der Waals surface area contributed by atoms with E-state index in [1.165, 1.54) is 0 Å². The van der Waals surface area contributed by atoms with Gasteiger partial charge in [0.1, 0.15) is 0 Å². The van der Waals surface area contributed by atoms with Crippen molar-refractivity contribution in [3.63, 3.8) is 0 Å². The first-order valence-corrected chi connectivity index (χ1v) is 4.79. The molecule has 3 heteroatoms. The molecule has 0 saturated carbocycles. The topological polar surface area (TPSA) is 38.9 Å². The zero-order valence-electron chi connectivity index (χ0n) is 8.13. The molecule has 0 bridgehead atoms. The molecule has 1 aromatic carbocycles. The monoisotopic (exact) mass is 206 g/mol. The Morgan fingerprint density at radius 1 is 1.29 bits per heavy atom. The zero-order valence-corrected chi connectivity index (χ0v) is 8.89. The Balaban J connectivity index is 3.03. The predicted octanol–water partition coefficient (Wildman–Crippen LogP) is 3.09. The maximum absolute atomic E-state index is 6.09. The number of hydrogen-bond acceptors (Lipinski definition) is 2. The molecule has 0 aliphatic carbocycles. The molecule has 0 amide bonds. The van der Waals surface area contributed by atoms with Crippen molar-refractivity contribution >= 4 is 28.2 Å². The van der Waals surface area contributed by atoms with Crippen molar-refractivity contribution in [3.05, 3.63) is 34.5 Å². The molecule has 0 radical (unpaired) electrons. The van der Waals surface area contributed by atoms with E-state index in [1.54, 1.807) is 12.3 Å². The number of aromatic nitrogens is 1. The number of nitrogens with zero attached hydrogens (tertiary/aromatic N) is 1. The standard InChI is InChI=1S/C11H11ClN2/c1-6-5-7(2)11-9(10(6)13)8(12)3-4-14-11/h3-5H,13H2,1-2H3. The third-order valence-corrected chi connectivity index (χ3v) is 2.72. The highest BCUT2D eigenvalue weighted by Gasteiger charge is 2.08. The van der Waals surface area contributed by atoms with Gasteiger partial charge >= 0.3 is 0 Å². The summed E-state index contributed by atoms with van der Waals surface area (Å²) in [7, 11) is 0. The van der Waals surface area contributed by atoms with Gasteiger partial charge < -0.3 is 5.73 Å². The summed E-state index contributed by atoms with van der Waals surface area (Å²) >= 11 is 6.09. The lowest BCUT2D eigenvalue weighted by atomic mass is 10.0. The van der Waals surface area contributed by atoms with E-state index in [4.69, 9.17) is 17.3 Å². The van der Waals surface area contributed by atoms with Crippen LogP contribution in [0.2, 0.25) is 5.02 Å². The molecule has 2 nitrogen and oxygen atoms in total. The van der Waals surface area contributed by atoms with Gasteiger partial charge in [-0.1, -0.05) is 17.7 Å². The minimum Gasteiger partial charge on any atom is -0.398 e. The first kappa shape index (κ1) is 9.28. The fourth-order valence-corrected chi connectivity index (χ4v) is 1.91. The molecule has 0 unspecified atom stereocenters. The van der Waals surface area contributed by atoms with Crippen molar-refractivity contribution < 1.29 is 0 Å². The predicted molar refractivity (Wildman–Crippen MR) is 60.6 cm³/mol. The van der Waals surface area contributed by atoms with Gasteiger partial charge in [-0.15, -0.1) is 0 Å². The van der Waals surface area contributed by atoms with Gasteiger partial charge in [0.25, 0.3) is 0 Å². The third-order valence-electron chi connectivity index (χ3n) is 2.40. The lowest BCUT2D eigenvalue weighted by Gasteiger charge is -2.09. The third kappa shape index (κ3) is 1.23. The van der Waals surface area contributed by atoms with Crippen molar-refractivity contribution in [2.45, 2.75) is 13.8 Å². The van der Waals surface area contributed by atoms with E-state index in [-0.39, 0.29) is 0 Å². The summed E-state index contributed by atoms with van der Waals surface area (Å²) < 4.78 is 0. The number of hydrogen-bond donors (Lipinski definition) is 1. The number of pyridine rings is 1. The van der Waals surface area contributed by atoms with Gasteiger partial charge in [0.05, 0.1) is 10.5 Å². The lowest BCUT2D eigenvalue weighted by molar-refractivity contribution is 1.34. The molecule has 0 saturated heterocycles. The van der Waals surface area contributed by atoms with Gasteiger partial charge in [-0.25, -0.2) is 0 Å². The quantitative estimate of drug-likeness (QED) is 0.673. The molecular weight excluding hydrogens is 196 g/mol. The van der Waals surface area contributed by atoms with Crippen LogP contribution in [0.4, 0.5) is 5.69 Å². The normalized spacial score (nSPS) is 10.8. The smallest absolute Gasteiger partial charge is 0.0767 e. The molecule has 1 heterocycles. The summed E-state index contributed by atoms with van der Waals surface area (Å²) in [6, 6.07) is 3.79. The number of nitrogens with two attached hydrogens (primary N) is 1. The minimum atomic E-state index is 0.666. The van der Waals surface area contributed by atoms with Crippen molar-refractivity contribution in [1.29, 1.82) is 0 Å². The largest absolute Gasteiger partial charge is 0.398 e. The number of anilines is 1. The van der Waals surface area contributed by atoms with E-state index in [1.807, 2.05) is 19.9 Å². The van der Waals surface area contributed by atoms with E-state index >= 15 is 0 Å². The van der Waals surface area contributed by atoms with Gasteiger partial charge in [0, 0.05) is 17.3 Å². The highest BCUT2D eigenvalue weighted by Crippen LogP contribution is 2.31. The van der Waals surface area contributed by atoms with Crippen LogP contribution in [0.25, 0.3) is 10.9 Å². The summed E-state index contributed by atoms with van der Waals surface area (Å²) in [6.07, 6.45) is 1.70. The van der Waals surface area contributed by atoms with Crippen LogP contribution in [-0.2, 0) is 0 Å². The Bertz CT molecular complexity index is 506. The molecule has 0 fully saturated rings. The molecule has 1 aromatic heterocycles. The Hall–Kier alpha value is -1.28. The maximum Gasteiger partial charge on any atom is 0.0767 e. The first-order valence-electron chi connectivity index (χ1n) is 4.41. The molecule has 2 N–H and O–H groups in total. The Morgan fingerprint density at radius 2 is 2.00 bits per heavy atom. The van der Waals surface area contributed by atoms with Crippen molar-refractivity contribution in [2.75, 3.05) is 5.73 Å². The maximum atomic E-state index is 6.09. The van der Waals surface area contributed by atoms with Crippen molar-refractivity contribution in [3.8, 4) is 0 Å². The van der Waals surface area contributed by atoms with Gasteiger partial charge in [0.15, 0.2) is 0 Å². The summed E-state index contributed by atoms with van der Waals surface area (Å²) in [5, 5.41) is 1.53. The van der Waals surface area contributed by atoms with Crippen LogP contribution in [0.5, 0.6) is 0 Å². The zero-order chi connectivity index (χ0) is 10.3. The van der Waals surface area contributed by atoms with Crippen LogP contribution in [0.15, 0.2) is 18.3 Å². The summed E-state index contributed by atoms with van der Waals surface area (Å²) in [5.41, 5.74) is 9.73. The van der Waals surface area contributed by atoms with E-state index in [2.05, 4.69) is 4.98 Å². The molecule has 0 spiro atoms. The average Bonchev–Trinajstić information content (AvgIpc) is 2.14. The molecular formula is C11H11ClN2. The van der Waals surface area contributed by atoms with E-state index in [0.29, 0.717) is 5.02 Å². The van der Waals surface area contributed by atoms with Crippen LogP contribution in [0, 0.1) is 13.8 Å². The van der Waals surface area contributed by atoms with Crippen molar-refractivity contribution in [1.82, 2.24) is 4.98 Å². The van der Waals surface area contributed by atoms with Gasteiger partial charge in [0.2, 0.25) is 0 Å². The second kappa shape index (κ2) is 3.14. The van der Waals surface area contributed by atoms with E-state index < -0.39 is 0 Å². The lowest BCUT2D eigenvalue weighted by Crippen LogP contribution is -1.95. The summed E-state index contributed by atoms with van der Waals surface area (Å²) in [6.45, 7) is 3.99. The van der Waals surface area contributed by atoms with Gasteiger partial charge in [-0.05, 0) is 31.0 Å². The SMILES string of the molecule is Cc1cc(C)c2nccc(Cl)c2c1N. The minimum absolute atomic E-state index is 0.666. The molecule has 14 heavy (non-hydrogen) atoms. The number of rotatable bonds is 0. The summed E-state index contributed by atoms with van der Waals surface area (Å²) in [4.78, 5) is 4.28. The molecule has 2 rings (SSSR count). The van der Waals surface area contributed by atoms with E-state index in [0.717, 1.165) is 27.7 Å². The second-order valence-electron chi connectivity index (χ2n) is 3.44. The van der Waals surface area contributed by atoms with E-state index in [9.17, 15) is 0 Å². The Labute approximate surface area is 87.7 Å². The van der Waals surface area contributed by atoms with Crippen LogP contribution in [0.3, 0.4) is 0 Å². The fraction of sp³-hybridized carbons (Fsp3) is 0.182. The Kier molecular flexibility index (Phi) is 2.08. The van der Waals surface area contributed by atoms with Gasteiger partial charge in [-0.2, -0.15) is 0 Å². The van der Waals surface area contributed by atoms with Crippen molar-refractivity contribution in [2.24, 2.45) is 0 Å². The fourth-order valence-electron chi connectivity index (χ4n) is 1.66. The van der Waals surface area contributed by atoms with Crippen LogP contribution in [0.1, 0.15) is 11.1 Å². The number of nitrogen functional groups attached to an aromatic ring is 1. The molecule has 2 aromatic rings. The number of fused-ring (bicyclic) bond motifs is 1. The summed E-state index contributed by atoms with van der Waals surface area (Å²) in [5.74, 6) is 0. The average molecular weight is 207 g/mol. The molecule has 0 aliphatic heterocycles. The van der Waals surface area contributed by atoms with Crippen LogP contribution >= 0.6 is 11.6 Å². The number of benzene rings is 1. The number of aryl methyl sites for hydroxylation is 2. The molecule has 0 atom stereocenters. The molecule has 72 valence electrons. The van der Waals surface area contributed by atoms with Crippen LogP contribution in [-0.4, -0.2) is 4.98 Å².